The van der Waals surface area contributed by atoms with Crippen molar-refractivity contribution in [3.63, 3.8) is 0 Å². The van der Waals surface area contributed by atoms with E-state index in [0.717, 1.165) is 44.5 Å². The fourth-order valence-electron chi connectivity index (χ4n) is 6.47. The van der Waals surface area contributed by atoms with E-state index in [1.165, 1.54) is 11.8 Å². The van der Waals surface area contributed by atoms with Crippen LogP contribution in [-0.2, 0) is 16.1 Å². The number of aromatic nitrogens is 1. The summed E-state index contributed by atoms with van der Waals surface area (Å²) in [5.74, 6) is -0.330. The van der Waals surface area contributed by atoms with Gasteiger partial charge in [0.15, 0.2) is 0 Å². The van der Waals surface area contributed by atoms with Crippen molar-refractivity contribution >= 4 is 68.7 Å². The van der Waals surface area contributed by atoms with Crippen molar-refractivity contribution in [3.05, 3.63) is 174 Å². The molecule has 9 heteroatoms. The summed E-state index contributed by atoms with van der Waals surface area (Å²) in [4.78, 5) is 41.6. The molecule has 6 aromatic carbocycles. The molecule has 0 saturated heterocycles. The minimum Gasteiger partial charge on any atom is -0.494 e. The average Bonchev–Trinajstić information content (AvgIpc) is 3.54. The molecule has 1 heterocycles. The predicted octanol–water partition coefficient (Wildman–Crippen LogP) is 10.1. The summed E-state index contributed by atoms with van der Waals surface area (Å²) < 4.78 is 7.83. The molecule has 1 unspecified atom stereocenters. The van der Waals surface area contributed by atoms with Crippen LogP contribution in [0.4, 0.5) is 11.4 Å². The van der Waals surface area contributed by atoms with Gasteiger partial charge in [0, 0.05) is 50.2 Å². The number of hydrogen-bond acceptors (Lipinski definition) is 5. The summed E-state index contributed by atoms with van der Waals surface area (Å²) in [6.45, 7) is 5.43. The average molecular weight is 745 g/mol. The molecule has 1 aromatic heterocycles. The van der Waals surface area contributed by atoms with E-state index in [-0.39, 0.29) is 11.6 Å². The number of ether oxygens (including phenoxy) is 1. The highest BCUT2D eigenvalue weighted by Crippen LogP contribution is 2.38. The van der Waals surface area contributed by atoms with Gasteiger partial charge in [-0.2, -0.15) is 0 Å². The molecule has 3 amide bonds. The lowest BCUT2D eigenvalue weighted by Gasteiger charge is -2.18. The van der Waals surface area contributed by atoms with Gasteiger partial charge in [0.05, 0.1) is 6.61 Å². The van der Waals surface area contributed by atoms with E-state index in [9.17, 15) is 14.4 Å². The number of nitrogens with zero attached hydrogens (tertiary/aromatic N) is 1. The van der Waals surface area contributed by atoms with Gasteiger partial charge in [0.2, 0.25) is 5.91 Å². The van der Waals surface area contributed by atoms with Gasteiger partial charge in [-0.15, -0.1) is 11.8 Å². The standard InChI is InChI=1S/C46H40N4O4S/c1-3-50-41-18-12-11-17-38(41)39-30-35(23-28-42(39)50)48-46(53)43(32-13-7-5-8-14-32)55-37-26-21-34(22-27-37)47-45(52)40(49-44(51)33-15-9-6-10-16-33)29-31-19-24-36(25-20-31)54-4-2/h5-30,43H,3-4H2,1-2H3,(H,47,52)(H,48,53)(H,49,51)/b40-29-. The van der Waals surface area contributed by atoms with E-state index in [0.29, 0.717) is 29.2 Å². The van der Waals surface area contributed by atoms with Crippen LogP contribution in [0.25, 0.3) is 27.9 Å². The monoisotopic (exact) mass is 744 g/mol. The highest BCUT2D eigenvalue weighted by molar-refractivity contribution is 8.00. The SMILES string of the molecule is CCOc1ccc(/C=C(\NC(=O)c2ccccc2)C(=O)Nc2ccc(SC(C(=O)Nc3ccc4c(c3)c3ccccc3n4CC)c3ccccc3)cc2)cc1. The van der Waals surface area contributed by atoms with Crippen molar-refractivity contribution in [2.45, 2.75) is 30.5 Å². The first kappa shape index (κ1) is 36.8. The number of thioether (sulfide) groups is 1. The van der Waals surface area contributed by atoms with E-state index in [4.69, 9.17) is 4.74 Å². The Labute approximate surface area is 324 Å². The summed E-state index contributed by atoms with van der Waals surface area (Å²) in [7, 11) is 0. The molecule has 7 aromatic rings. The number of fused-ring (bicyclic) bond motifs is 3. The molecule has 0 spiro atoms. The quantitative estimate of drug-likeness (QED) is 0.0806. The van der Waals surface area contributed by atoms with Gasteiger partial charge in [0.1, 0.15) is 16.7 Å². The molecular formula is C46H40N4O4S. The molecule has 8 nitrogen and oxygen atoms in total. The number of aryl methyl sites for hydroxylation is 1. The normalized spacial score (nSPS) is 11.9. The fraction of sp³-hybridized carbons (Fsp3) is 0.109. The second-order valence-electron chi connectivity index (χ2n) is 12.7. The first-order chi connectivity index (χ1) is 26.9. The number of hydrogen-bond donors (Lipinski definition) is 3. The minimum absolute atomic E-state index is 0.0784. The minimum atomic E-state index is -0.550. The van der Waals surface area contributed by atoms with Crippen LogP contribution in [0.1, 0.15) is 40.6 Å². The van der Waals surface area contributed by atoms with Crippen molar-refractivity contribution in [1.29, 1.82) is 0 Å². The fourth-order valence-corrected chi connectivity index (χ4v) is 7.49. The van der Waals surface area contributed by atoms with E-state index >= 15 is 0 Å². The van der Waals surface area contributed by atoms with Crippen LogP contribution in [0, 0.1) is 0 Å². The zero-order chi connectivity index (χ0) is 38.1. The maximum absolute atomic E-state index is 14.0. The first-order valence-electron chi connectivity index (χ1n) is 18.2. The highest BCUT2D eigenvalue weighted by atomic mass is 32.2. The number of carbonyl (C=O) groups excluding carboxylic acids is 3. The number of rotatable bonds is 13. The number of benzene rings is 6. The topological polar surface area (TPSA) is 101 Å². The molecular weight excluding hydrogens is 705 g/mol. The Hall–Kier alpha value is -6.58. The third-order valence-electron chi connectivity index (χ3n) is 9.09. The Bertz CT molecular complexity index is 2480. The lowest BCUT2D eigenvalue weighted by Crippen LogP contribution is -2.30. The van der Waals surface area contributed by atoms with E-state index < -0.39 is 17.1 Å². The van der Waals surface area contributed by atoms with Crippen LogP contribution in [0.5, 0.6) is 5.75 Å². The summed E-state index contributed by atoms with van der Waals surface area (Å²) >= 11 is 1.42. The predicted molar refractivity (Wildman–Crippen MR) is 223 cm³/mol. The zero-order valence-electron chi connectivity index (χ0n) is 30.5. The molecule has 274 valence electrons. The third-order valence-corrected chi connectivity index (χ3v) is 10.4. The van der Waals surface area contributed by atoms with E-state index in [1.54, 1.807) is 42.5 Å². The first-order valence-corrected chi connectivity index (χ1v) is 19.0. The second-order valence-corrected chi connectivity index (χ2v) is 13.9. The Kier molecular flexibility index (Phi) is 11.4. The van der Waals surface area contributed by atoms with Gasteiger partial charge in [-0.25, -0.2) is 0 Å². The maximum atomic E-state index is 14.0. The Balaban J connectivity index is 1.09. The molecule has 3 N–H and O–H groups in total. The molecule has 55 heavy (non-hydrogen) atoms. The van der Waals surface area contributed by atoms with Crippen molar-refractivity contribution in [1.82, 2.24) is 9.88 Å². The lowest BCUT2D eigenvalue weighted by atomic mass is 10.1. The van der Waals surface area contributed by atoms with Gasteiger partial charge < -0.3 is 25.3 Å². The number of anilines is 2. The Morgan fingerprint density at radius 3 is 2.05 bits per heavy atom. The summed E-state index contributed by atoms with van der Waals surface area (Å²) in [5, 5.41) is 10.6. The van der Waals surface area contributed by atoms with E-state index in [1.807, 2.05) is 104 Å². The number of carbonyl (C=O) groups is 3. The van der Waals surface area contributed by atoms with Crippen molar-refractivity contribution in [2.75, 3.05) is 17.2 Å². The molecule has 0 bridgehead atoms. The Morgan fingerprint density at radius 2 is 1.35 bits per heavy atom. The van der Waals surface area contributed by atoms with Crippen molar-refractivity contribution < 1.29 is 19.1 Å². The molecule has 0 radical (unpaired) electrons. The van der Waals surface area contributed by atoms with Crippen LogP contribution in [0.15, 0.2) is 162 Å². The van der Waals surface area contributed by atoms with Gasteiger partial charge >= 0.3 is 0 Å². The van der Waals surface area contributed by atoms with Crippen molar-refractivity contribution in [2.24, 2.45) is 0 Å². The summed E-state index contributed by atoms with van der Waals surface area (Å²) in [6, 6.07) is 47.4. The molecule has 7 rings (SSSR count). The maximum Gasteiger partial charge on any atom is 0.272 e. The van der Waals surface area contributed by atoms with Gasteiger partial charge in [-0.1, -0.05) is 78.9 Å². The molecule has 0 aliphatic heterocycles. The van der Waals surface area contributed by atoms with Crippen LogP contribution < -0.4 is 20.7 Å². The van der Waals surface area contributed by atoms with Crippen LogP contribution >= 0.6 is 11.8 Å². The lowest BCUT2D eigenvalue weighted by molar-refractivity contribution is -0.116. The molecule has 0 saturated carbocycles. The molecule has 0 fully saturated rings. The summed E-state index contributed by atoms with van der Waals surface area (Å²) in [6.07, 6.45) is 1.62. The van der Waals surface area contributed by atoms with Crippen LogP contribution in [0.2, 0.25) is 0 Å². The molecule has 0 aliphatic rings. The van der Waals surface area contributed by atoms with Crippen LogP contribution in [-0.4, -0.2) is 28.9 Å². The number of para-hydroxylation sites is 1. The number of nitrogens with one attached hydrogen (secondary N) is 3. The molecule has 0 aliphatic carbocycles. The largest absolute Gasteiger partial charge is 0.494 e. The second kappa shape index (κ2) is 17.0. The van der Waals surface area contributed by atoms with Crippen LogP contribution in [0.3, 0.4) is 0 Å². The third kappa shape index (κ3) is 8.64. The zero-order valence-corrected chi connectivity index (χ0v) is 31.3. The number of amides is 3. The van der Waals surface area contributed by atoms with Crippen molar-refractivity contribution in [3.8, 4) is 5.75 Å². The van der Waals surface area contributed by atoms with Gasteiger partial charge in [-0.3, -0.25) is 14.4 Å². The van der Waals surface area contributed by atoms with E-state index in [2.05, 4.69) is 45.6 Å². The van der Waals surface area contributed by atoms with Gasteiger partial charge in [0.25, 0.3) is 11.8 Å². The highest BCUT2D eigenvalue weighted by Gasteiger charge is 2.23. The molecule has 1 atom stereocenters. The Morgan fingerprint density at radius 1 is 0.691 bits per heavy atom. The smallest absolute Gasteiger partial charge is 0.272 e. The van der Waals surface area contributed by atoms with Gasteiger partial charge in [-0.05, 0) is 104 Å². The summed E-state index contributed by atoms with van der Waals surface area (Å²) in [5.41, 5.74) is 5.63.